The van der Waals surface area contributed by atoms with Gasteiger partial charge in [0.25, 0.3) is 0 Å². The monoisotopic (exact) mass is 263 g/mol. The molecule has 1 aromatic rings. The number of nitrogens with one attached hydrogen (secondary N) is 2. The van der Waals surface area contributed by atoms with Crippen molar-refractivity contribution in [3.63, 3.8) is 0 Å². The largest absolute Gasteiger partial charge is 0.495 e. The van der Waals surface area contributed by atoms with Gasteiger partial charge in [-0.2, -0.15) is 0 Å². The number of amides is 2. The van der Waals surface area contributed by atoms with E-state index in [-0.39, 0.29) is 18.1 Å². The predicted molar refractivity (Wildman–Crippen MR) is 75.4 cm³/mol. The molecule has 0 aliphatic heterocycles. The number of carbonyl (C=O) groups is 1. The highest BCUT2D eigenvalue weighted by Crippen LogP contribution is 2.23. The van der Waals surface area contributed by atoms with Gasteiger partial charge in [0.05, 0.1) is 12.8 Å². The molecule has 0 spiro atoms. The highest BCUT2D eigenvalue weighted by molar-refractivity contribution is 5.91. The summed E-state index contributed by atoms with van der Waals surface area (Å²) in [7, 11) is 1.58. The fraction of sp³-hybridized carbons (Fsp3) is 0.500. The van der Waals surface area contributed by atoms with Gasteiger partial charge in [-0.15, -0.1) is 0 Å². The molecular formula is C14H21N3O2. The lowest BCUT2D eigenvalue weighted by molar-refractivity contribution is 0.240. The summed E-state index contributed by atoms with van der Waals surface area (Å²) in [6.07, 6.45) is 4.18. The Morgan fingerprint density at radius 1 is 1.32 bits per heavy atom. The summed E-state index contributed by atoms with van der Waals surface area (Å²) in [6, 6.07) is 7.21. The molecule has 0 aromatic heterocycles. The Hall–Kier alpha value is -1.75. The molecule has 2 rings (SSSR count). The zero-order valence-electron chi connectivity index (χ0n) is 11.2. The topological polar surface area (TPSA) is 76.4 Å². The molecule has 1 aliphatic rings. The Bertz CT molecular complexity index is 436. The van der Waals surface area contributed by atoms with Gasteiger partial charge in [0, 0.05) is 12.1 Å². The maximum absolute atomic E-state index is 12.0. The van der Waals surface area contributed by atoms with Crippen LogP contribution in [0.25, 0.3) is 0 Å². The fourth-order valence-electron chi connectivity index (χ4n) is 2.41. The average molecular weight is 263 g/mol. The number of methoxy groups -OCH3 is 1. The Morgan fingerprint density at radius 3 is 2.79 bits per heavy atom. The summed E-state index contributed by atoms with van der Waals surface area (Å²) in [5, 5.41) is 5.74. The Kier molecular flexibility index (Phi) is 4.63. The summed E-state index contributed by atoms with van der Waals surface area (Å²) in [5.41, 5.74) is 6.67. The molecule has 0 radical (unpaired) electrons. The zero-order valence-corrected chi connectivity index (χ0v) is 11.2. The van der Waals surface area contributed by atoms with Gasteiger partial charge in [0.2, 0.25) is 0 Å². The SMILES string of the molecule is COc1ccccc1NC(=O)N[C@@H]1CCCC[C@H]1N. The molecule has 5 heteroatoms. The van der Waals surface area contributed by atoms with Crippen molar-refractivity contribution in [2.45, 2.75) is 37.8 Å². The number of benzene rings is 1. The smallest absolute Gasteiger partial charge is 0.319 e. The Labute approximate surface area is 113 Å². The van der Waals surface area contributed by atoms with E-state index >= 15 is 0 Å². The highest BCUT2D eigenvalue weighted by atomic mass is 16.5. The quantitative estimate of drug-likeness (QED) is 0.781. The van der Waals surface area contributed by atoms with Gasteiger partial charge in [-0.05, 0) is 25.0 Å². The number of para-hydroxylation sites is 2. The van der Waals surface area contributed by atoms with Crippen LogP contribution in [0.4, 0.5) is 10.5 Å². The van der Waals surface area contributed by atoms with E-state index in [1.54, 1.807) is 13.2 Å². The van der Waals surface area contributed by atoms with Crippen LogP contribution in [0.3, 0.4) is 0 Å². The summed E-state index contributed by atoms with van der Waals surface area (Å²) in [6.45, 7) is 0. The second kappa shape index (κ2) is 6.43. The number of urea groups is 1. The van der Waals surface area contributed by atoms with Gasteiger partial charge in [-0.1, -0.05) is 25.0 Å². The molecule has 2 atom stereocenters. The lowest BCUT2D eigenvalue weighted by atomic mass is 9.91. The molecule has 0 heterocycles. The van der Waals surface area contributed by atoms with Crippen LogP contribution in [0.1, 0.15) is 25.7 Å². The van der Waals surface area contributed by atoms with E-state index in [0.29, 0.717) is 11.4 Å². The van der Waals surface area contributed by atoms with E-state index in [1.165, 1.54) is 0 Å². The zero-order chi connectivity index (χ0) is 13.7. The Balaban J connectivity index is 1.93. The van der Waals surface area contributed by atoms with Crippen LogP contribution < -0.4 is 21.1 Å². The van der Waals surface area contributed by atoms with Crippen LogP contribution in [-0.4, -0.2) is 25.2 Å². The van der Waals surface area contributed by atoms with Gasteiger partial charge in [0.15, 0.2) is 0 Å². The maximum atomic E-state index is 12.0. The summed E-state index contributed by atoms with van der Waals surface area (Å²) < 4.78 is 5.19. The van der Waals surface area contributed by atoms with Crippen LogP contribution in [0.5, 0.6) is 5.75 Å². The third-order valence-corrected chi connectivity index (χ3v) is 3.49. The van der Waals surface area contributed by atoms with Crippen molar-refractivity contribution in [2.75, 3.05) is 12.4 Å². The van der Waals surface area contributed by atoms with Gasteiger partial charge < -0.3 is 21.1 Å². The van der Waals surface area contributed by atoms with Gasteiger partial charge in [-0.25, -0.2) is 4.79 Å². The summed E-state index contributed by atoms with van der Waals surface area (Å²) in [5.74, 6) is 0.644. The first-order chi connectivity index (χ1) is 9.20. The normalized spacial score (nSPS) is 22.6. The van der Waals surface area contributed by atoms with E-state index in [4.69, 9.17) is 10.5 Å². The first-order valence-corrected chi connectivity index (χ1v) is 6.67. The molecule has 1 aliphatic carbocycles. The van der Waals surface area contributed by atoms with Crippen molar-refractivity contribution in [2.24, 2.45) is 5.73 Å². The van der Waals surface area contributed by atoms with Crippen LogP contribution in [-0.2, 0) is 0 Å². The van der Waals surface area contributed by atoms with Crippen LogP contribution in [0.15, 0.2) is 24.3 Å². The molecule has 1 aromatic carbocycles. The first kappa shape index (κ1) is 13.7. The number of hydrogen-bond acceptors (Lipinski definition) is 3. The molecule has 5 nitrogen and oxygen atoms in total. The number of ether oxygens (including phenoxy) is 1. The number of hydrogen-bond donors (Lipinski definition) is 3. The van der Waals surface area contributed by atoms with Crippen molar-refractivity contribution >= 4 is 11.7 Å². The van der Waals surface area contributed by atoms with Crippen molar-refractivity contribution in [1.29, 1.82) is 0 Å². The summed E-state index contributed by atoms with van der Waals surface area (Å²) in [4.78, 5) is 12.0. The van der Waals surface area contributed by atoms with Gasteiger partial charge in [0.1, 0.15) is 5.75 Å². The minimum absolute atomic E-state index is 0.0529. The van der Waals surface area contributed by atoms with Gasteiger partial charge in [-0.3, -0.25) is 0 Å². The van der Waals surface area contributed by atoms with Crippen molar-refractivity contribution in [3.8, 4) is 5.75 Å². The molecule has 4 N–H and O–H groups in total. The third-order valence-electron chi connectivity index (χ3n) is 3.49. The predicted octanol–water partition coefficient (Wildman–Crippen LogP) is 2.09. The lowest BCUT2D eigenvalue weighted by Gasteiger charge is -2.29. The number of nitrogens with two attached hydrogens (primary N) is 1. The second-order valence-electron chi connectivity index (χ2n) is 4.85. The standard InChI is InChI=1S/C14H21N3O2/c1-19-13-9-5-4-8-12(13)17-14(18)16-11-7-3-2-6-10(11)15/h4-5,8-11H,2-3,6-7,15H2,1H3,(H2,16,17,18)/t10-,11-/m1/s1. The highest BCUT2D eigenvalue weighted by Gasteiger charge is 2.23. The van der Waals surface area contributed by atoms with Crippen molar-refractivity contribution in [1.82, 2.24) is 5.32 Å². The molecule has 0 saturated heterocycles. The van der Waals surface area contributed by atoms with E-state index in [9.17, 15) is 4.79 Å². The maximum Gasteiger partial charge on any atom is 0.319 e. The first-order valence-electron chi connectivity index (χ1n) is 6.67. The fourth-order valence-corrected chi connectivity index (χ4v) is 2.41. The summed E-state index contributed by atoms with van der Waals surface area (Å²) >= 11 is 0. The molecule has 1 fully saturated rings. The van der Waals surface area contributed by atoms with E-state index < -0.39 is 0 Å². The molecule has 0 unspecified atom stereocenters. The van der Waals surface area contributed by atoms with E-state index in [2.05, 4.69) is 10.6 Å². The average Bonchev–Trinajstić information content (AvgIpc) is 2.42. The third kappa shape index (κ3) is 3.61. The minimum Gasteiger partial charge on any atom is -0.495 e. The van der Waals surface area contributed by atoms with E-state index in [1.807, 2.05) is 18.2 Å². The molecule has 104 valence electrons. The molecular weight excluding hydrogens is 242 g/mol. The lowest BCUT2D eigenvalue weighted by Crippen LogP contribution is -2.50. The number of carbonyl (C=O) groups excluding carboxylic acids is 1. The molecule has 2 amide bonds. The van der Waals surface area contributed by atoms with Gasteiger partial charge >= 0.3 is 6.03 Å². The van der Waals surface area contributed by atoms with Crippen LogP contribution in [0, 0.1) is 0 Å². The van der Waals surface area contributed by atoms with Crippen molar-refractivity contribution < 1.29 is 9.53 Å². The second-order valence-corrected chi connectivity index (χ2v) is 4.85. The van der Waals surface area contributed by atoms with Crippen LogP contribution in [0.2, 0.25) is 0 Å². The molecule has 19 heavy (non-hydrogen) atoms. The molecule has 1 saturated carbocycles. The minimum atomic E-state index is -0.230. The Morgan fingerprint density at radius 2 is 2.05 bits per heavy atom. The van der Waals surface area contributed by atoms with E-state index in [0.717, 1.165) is 25.7 Å². The van der Waals surface area contributed by atoms with Crippen LogP contribution >= 0.6 is 0 Å². The number of rotatable bonds is 3. The molecule has 0 bridgehead atoms. The van der Waals surface area contributed by atoms with Crippen molar-refractivity contribution in [3.05, 3.63) is 24.3 Å². The number of anilines is 1.